The Labute approximate surface area is 307 Å². The Balaban J connectivity index is 1.12. The van der Waals surface area contributed by atoms with Gasteiger partial charge in [-0.1, -0.05) is 147 Å². The Morgan fingerprint density at radius 3 is 2.17 bits per heavy atom. The molecule has 2 atom stereocenters. The average molecular weight is 672 g/mol. The van der Waals surface area contributed by atoms with Gasteiger partial charge in [0.1, 0.15) is 0 Å². The predicted octanol–water partition coefficient (Wildman–Crippen LogP) is 11.8. The van der Waals surface area contributed by atoms with Gasteiger partial charge in [-0.05, 0) is 133 Å². The van der Waals surface area contributed by atoms with Crippen LogP contribution in [0.4, 0.5) is 0 Å². The SMILES string of the molecule is C1=CC2C=CC=C(c3cc(C4=CCCC(c5c6ccccc6c(C6=c7cccc(C8CCCCC8)c7=CCC6)c6ccccc56)=C4)ccn3)C2C=C1. The summed E-state index contributed by atoms with van der Waals surface area (Å²) < 4.78 is 0. The zero-order valence-corrected chi connectivity index (χ0v) is 29.9. The number of fused-ring (bicyclic) bond motifs is 4. The standard InChI is InChI=1S/C51H45N/c1-2-14-34(15-3-1)39-25-12-27-42-41(39)26-13-29-44(42)51-47-23-8-6-21-45(47)50(46-22-7-9-24-48(46)51)38-19-10-18-36(32-38)37-30-31-52-49(33-37)43-28-11-17-35-16-4-5-20-40(35)43/h4-9,11-12,16-18,20-28,30-35,40H,1-3,10,13-15,19,29H2. The summed E-state index contributed by atoms with van der Waals surface area (Å²) in [6.07, 6.45) is 36.2. The molecule has 5 aliphatic carbocycles. The van der Waals surface area contributed by atoms with E-state index >= 15 is 0 Å². The molecule has 0 radical (unpaired) electrons. The van der Waals surface area contributed by atoms with Gasteiger partial charge in [0.05, 0.1) is 5.69 Å². The monoisotopic (exact) mass is 671 g/mol. The smallest absolute Gasteiger partial charge is 0.0674 e. The molecule has 2 unspecified atom stereocenters. The third-order valence-electron chi connectivity index (χ3n) is 12.4. The van der Waals surface area contributed by atoms with E-state index in [0.717, 1.165) is 31.4 Å². The van der Waals surface area contributed by atoms with E-state index in [-0.39, 0.29) is 0 Å². The van der Waals surface area contributed by atoms with E-state index in [1.54, 1.807) is 5.56 Å². The first-order chi connectivity index (χ1) is 25.8. The Morgan fingerprint density at radius 2 is 1.37 bits per heavy atom. The number of pyridine rings is 1. The van der Waals surface area contributed by atoms with Crippen molar-refractivity contribution in [3.63, 3.8) is 0 Å². The highest BCUT2D eigenvalue weighted by Crippen LogP contribution is 2.44. The first-order valence-electron chi connectivity index (χ1n) is 19.7. The molecular formula is C51H45N. The molecule has 0 bridgehead atoms. The molecule has 52 heavy (non-hydrogen) atoms. The fraction of sp³-hybridized carbons (Fsp3) is 0.235. The number of hydrogen-bond acceptors (Lipinski definition) is 1. The number of rotatable bonds is 5. The van der Waals surface area contributed by atoms with E-state index in [9.17, 15) is 0 Å². The molecule has 1 heteroatoms. The van der Waals surface area contributed by atoms with Crippen molar-refractivity contribution >= 4 is 49.9 Å². The Bertz CT molecular complexity index is 2500. The van der Waals surface area contributed by atoms with Crippen LogP contribution in [0.15, 0.2) is 140 Å². The largest absolute Gasteiger partial charge is 0.257 e. The first-order valence-corrected chi connectivity index (χ1v) is 19.7. The maximum atomic E-state index is 4.90. The lowest BCUT2D eigenvalue weighted by molar-refractivity contribution is 0.442. The second kappa shape index (κ2) is 13.4. The van der Waals surface area contributed by atoms with Gasteiger partial charge in [0.15, 0.2) is 0 Å². The van der Waals surface area contributed by atoms with Gasteiger partial charge in [0.2, 0.25) is 0 Å². The van der Waals surface area contributed by atoms with Gasteiger partial charge in [-0.25, -0.2) is 0 Å². The highest BCUT2D eigenvalue weighted by molar-refractivity contribution is 6.16. The lowest BCUT2D eigenvalue weighted by Gasteiger charge is -2.27. The Morgan fingerprint density at radius 1 is 0.635 bits per heavy atom. The van der Waals surface area contributed by atoms with Crippen molar-refractivity contribution in [3.8, 4) is 0 Å². The summed E-state index contributed by atoms with van der Waals surface area (Å²) in [6, 6.07) is 30.2. The molecular weight excluding hydrogens is 627 g/mol. The quantitative estimate of drug-likeness (QED) is 0.170. The summed E-state index contributed by atoms with van der Waals surface area (Å²) in [5.74, 6) is 1.44. The van der Waals surface area contributed by atoms with Gasteiger partial charge < -0.3 is 0 Å². The molecule has 0 saturated heterocycles. The lowest BCUT2D eigenvalue weighted by Crippen LogP contribution is -2.34. The van der Waals surface area contributed by atoms with Crippen molar-refractivity contribution in [1.29, 1.82) is 0 Å². The summed E-state index contributed by atoms with van der Waals surface area (Å²) in [4.78, 5) is 4.90. The van der Waals surface area contributed by atoms with Crippen LogP contribution in [0.3, 0.4) is 0 Å². The second-order valence-electron chi connectivity index (χ2n) is 15.4. The van der Waals surface area contributed by atoms with E-state index in [1.807, 2.05) is 6.20 Å². The second-order valence-corrected chi connectivity index (χ2v) is 15.4. The minimum Gasteiger partial charge on any atom is -0.257 e. The lowest BCUT2D eigenvalue weighted by atomic mass is 9.78. The molecule has 0 spiro atoms. The molecule has 10 rings (SSSR count). The average Bonchev–Trinajstić information content (AvgIpc) is 3.22. The Kier molecular flexibility index (Phi) is 8.09. The van der Waals surface area contributed by atoms with E-state index in [4.69, 9.17) is 4.98 Å². The number of allylic oxidation sites excluding steroid dienone is 12. The van der Waals surface area contributed by atoms with Crippen molar-refractivity contribution in [2.24, 2.45) is 11.8 Å². The van der Waals surface area contributed by atoms with Gasteiger partial charge in [-0.3, -0.25) is 4.98 Å². The van der Waals surface area contributed by atoms with Crippen molar-refractivity contribution in [1.82, 2.24) is 4.98 Å². The van der Waals surface area contributed by atoms with Gasteiger partial charge in [0, 0.05) is 18.0 Å². The van der Waals surface area contributed by atoms with E-state index in [0.29, 0.717) is 17.8 Å². The molecule has 1 saturated carbocycles. The number of aromatic nitrogens is 1. The topological polar surface area (TPSA) is 12.9 Å². The van der Waals surface area contributed by atoms with Crippen LogP contribution < -0.4 is 10.4 Å². The maximum Gasteiger partial charge on any atom is 0.0674 e. The number of hydrogen-bond donors (Lipinski definition) is 0. The van der Waals surface area contributed by atoms with E-state index in [2.05, 4.69) is 140 Å². The van der Waals surface area contributed by atoms with Crippen LogP contribution in [0.25, 0.3) is 49.9 Å². The van der Waals surface area contributed by atoms with Gasteiger partial charge >= 0.3 is 0 Å². The summed E-state index contributed by atoms with van der Waals surface area (Å²) in [7, 11) is 0. The molecule has 4 aromatic carbocycles. The molecule has 254 valence electrons. The summed E-state index contributed by atoms with van der Waals surface area (Å²) >= 11 is 0. The number of nitrogens with zero attached hydrogens (tertiary/aromatic N) is 1. The molecule has 1 aromatic heterocycles. The normalized spacial score (nSPS) is 21.3. The molecule has 0 amide bonds. The number of benzene rings is 4. The Hall–Kier alpha value is -5.27. The van der Waals surface area contributed by atoms with Gasteiger partial charge in [-0.2, -0.15) is 0 Å². The molecule has 0 N–H and O–H groups in total. The van der Waals surface area contributed by atoms with Crippen LogP contribution in [0.1, 0.15) is 91.7 Å². The van der Waals surface area contributed by atoms with Crippen LogP contribution in [-0.2, 0) is 0 Å². The maximum absolute atomic E-state index is 4.90. The molecule has 1 fully saturated rings. The van der Waals surface area contributed by atoms with E-state index < -0.39 is 0 Å². The van der Waals surface area contributed by atoms with E-state index in [1.165, 1.54) is 103 Å². The molecule has 5 aliphatic rings. The third kappa shape index (κ3) is 5.41. The summed E-state index contributed by atoms with van der Waals surface area (Å²) in [6.45, 7) is 0. The minimum atomic E-state index is 0.339. The molecule has 1 nitrogen and oxygen atoms in total. The van der Waals surface area contributed by atoms with Crippen LogP contribution in [0.5, 0.6) is 0 Å². The van der Waals surface area contributed by atoms with Crippen molar-refractivity contribution < 1.29 is 0 Å². The van der Waals surface area contributed by atoms with Gasteiger partial charge in [-0.15, -0.1) is 0 Å². The van der Waals surface area contributed by atoms with Gasteiger partial charge in [0.25, 0.3) is 0 Å². The van der Waals surface area contributed by atoms with Crippen LogP contribution in [0.2, 0.25) is 0 Å². The highest BCUT2D eigenvalue weighted by atomic mass is 14.7. The summed E-state index contributed by atoms with van der Waals surface area (Å²) in [5, 5.41) is 8.48. The van der Waals surface area contributed by atoms with Crippen LogP contribution in [0, 0.1) is 11.8 Å². The first kappa shape index (κ1) is 31.5. The van der Waals surface area contributed by atoms with Crippen molar-refractivity contribution in [3.05, 3.63) is 178 Å². The fourth-order valence-corrected chi connectivity index (χ4v) is 10.0. The highest BCUT2D eigenvalue weighted by Gasteiger charge is 2.26. The minimum absolute atomic E-state index is 0.339. The zero-order valence-electron chi connectivity index (χ0n) is 29.9. The molecule has 5 aromatic rings. The fourth-order valence-electron chi connectivity index (χ4n) is 10.0. The third-order valence-corrected chi connectivity index (χ3v) is 12.4. The van der Waals surface area contributed by atoms with Crippen molar-refractivity contribution in [2.75, 3.05) is 0 Å². The van der Waals surface area contributed by atoms with Crippen LogP contribution >= 0.6 is 0 Å². The predicted molar refractivity (Wildman–Crippen MR) is 221 cm³/mol. The van der Waals surface area contributed by atoms with Crippen LogP contribution in [-0.4, -0.2) is 4.98 Å². The van der Waals surface area contributed by atoms with Crippen molar-refractivity contribution in [2.45, 2.75) is 63.7 Å². The molecule has 0 aliphatic heterocycles. The molecule has 1 heterocycles. The zero-order chi connectivity index (χ0) is 34.4. The summed E-state index contributed by atoms with van der Waals surface area (Å²) in [5.41, 5.74) is 12.3.